The molecular formula is C28H50BN5O13. The van der Waals surface area contributed by atoms with E-state index in [4.69, 9.17) is 14.2 Å². The summed E-state index contributed by atoms with van der Waals surface area (Å²) in [4.78, 5) is 76.4. The molecule has 268 valence electrons. The van der Waals surface area contributed by atoms with Gasteiger partial charge in [0.1, 0.15) is 6.04 Å². The lowest BCUT2D eigenvalue weighted by Crippen LogP contribution is -2.52. The van der Waals surface area contributed by atoms with Gasteiger partial charge in [0.05, 0.1) is 65.0 Å². The van der Waals surface area contributed by atoms with Gasteiger partial charge in [0.2, 0.25) is 5.91 Å². The Kier molecular flexibility index (Phi) is 22.2. The molecule has 0 radical (unpaired) electrons. The Bertz CT molecular complexity index is 960. The molecule has 0 aromatic heterocycles. The molecule has 0 spiro atoms. The Balaban J connectivity index is 2.66. The number of ether oxygens (including phenoxy) is 3. The average Bonchev–Trinajstić information content (AvgIpc) is 2.97. The highest BCUT2D eigenvalue weighted by Gasteiger charge is 2.28. The molecule has 18 nitrogen and oxygen atoms in total. The Morgan fingerprint density at radius 2 is 1.00 bits per heavy atom. The fourth-order valence-electron chi connectivity index (χ4n) is 4.75. The van der Waals surface area contributed by atoms with Gasteiger partial charge in [0.15, 0.2) is 7.85 Å². The summed E-state index contributed by atoms with van der Waals surface area (Å²) in [6.45, 7) is 2.63. The second-order valence-electron chi connectivity index (χ2n) is 11.1. The van der Waals surface area contributed by atoms with Gasteiger partial charge in [0.25, 0.3) is 0 Å². The molecule has 1 aliphatic heterocycles. The summed E-state index contributed by atoms with van der Waals surface area (Å²) in [7, 11) is 1.50. The largest absolute Gasteiger partial charge is 0.480 e. The number of rotatable bonds is 23. The number of aliphatic carboxylic acids is 4. The molecule has 1 saturated heterocycles. The normalized spacial score (nSPS) is 16.9. The first-order valence-electron chi connectivity index (χ1n) is 15.7. The van der Waals surface area contributed by atoms with Gasteiger partial charge in [-0.15, -0.1) is 0 Å². The van der Waals surface area contributed by atoms with Crippen LogP contribution < -0.4 is 5.32 Å². The lowest BCUT2D eigenvalue weighted by Gasteiger charge is -2.35. The zero-order chi connectivity index (χ0) is 35.0. The topological polar surface area (TPSA) is 236 Å². The average molecular weight is 676 g/mol. The van der Waals surface area contributed by atoms with Crippen molar-refractivity contribution in [2.75, 3.05) is 118 Å². The third-order valence-corrected chi connectivity index (χ3v) is 7.23. The van der Waals surface area contributed by atoms with Crippen molar-refractivity contribution in [2.45, 2.75) is 25.3 Å². The van der Waals surface area contributed by atoms with Crippen LogP contribution in [-0.4, -0.2) is 208 Å². The molecule has 47 heavy (non-hydrogen) atoms. The molecule has 5 N–H and O–H groups in total. The highest BCUT2D eigenvalue weighted by molar-refractivity contribution is 6.57. The second-order valence-corrected chi connectivity index (χ2v) is 11.1. The summed E-state index contributed by atoms with van der Waals surface area (Å²) in [6, 6.07) is -1.09. The standard InChI is InChI=1S/C28H50BN5O13/c29-23(35)3-13-45-15-17-47-18-16-46-14-4-30-24(36)2-1-22(28(43)44)34-11-9-32(20-26(39)40)7-5-31(19-25(37)38)6-8-33(10-12-34)21-27(41)42/h22H,1-21,29H2,(H,30,36)(H,37,38)(H,39,40)(H,41,42)(H,43,44). The molecule has 1 aliphatic rings. The molecule has 1 heterocycles. The molecule has 0 saturated carbocycles. The number of hydrogen-bond acceptors (Lipinski definition) is 13. The minimum absolute atomic E-state index is 0.0331. The van der Waals surface area contributed by atoms with Gasteiger partial charge in [-0.25, -0.2) is 0 Å². The van der Waals surface area contributed by atoms with Crippen LogP contribution in [0.25, 0.3) is 0 Å². The molecule has 0 aliphatic carbocycles. The van der Waals surface area contributed by atoms with Crippen LogP contribution in [0.15, 0.2) is 0 Å². The number of hydrogen-bond donors (Lipinski definition) is 5. The highest BCUT2D eigenvalue weighted by Crippen LogP contribution is 2.11. The molecule has 0 aromatic carbocycles. The van der Waals surface area contributed by atoms with E-state index >= 15 is 0 Å². The van der Waals surface area contributed by atoms with E-state index in [0.29, 0.717) is 39.5 Å². The summed E-state index contributed by atoms with van der Waals surface area (Å²) in [6.07, 6.45) is 0.235. The van der Waals surface area contributed by atoms with Crippen LogP contribution in [0.3, 0.4) is 0 Å². The van der Waals surface area contributed by atoms with E-state index in [0.717, 1.165) is 0 Å². The number of nitrogens with zero attached hydrogens (tertiary/aromatic N) is 4. The lowest BCUT2D eigenvalue weighted by atomic mass is 10.0. The Labute approximate surface area is 275 Å². The molecular weight excluding hydrogens is 625 g/mol. The Morgan fingerprint density at radius 1 is 0.596 bits per heavy atom. The number of carboxylic acids is 4. The van der Waals surface area contributed by atoms with Gasteiger partial charge in [-0.05, 0) is 6.42 Å². The number of nitrogens with one attached hydrogen (secondary N) is 1. The molecule has 1 unspecified atom stereocenters. The number of carboxylic acid groups (broad SMARTS) is 4. The van der Waals surface area contributed by atoms with Crippen molar-refractivity contribution in [1.82, 2.24) is 24.9 Å². The summed E-state index contributed by atoms with van der Waals surface area (Å²) in [5, 5.41) is 40.8. The van der Waals surface area contributed by atoms with Gasteiger partial charge in [-0.3, -0.25) is 43.6 Å². The van der Waals surface area contributed by atoms with Crippen molar-refractivity contribution in [3.63, 3.8) is 0 Å². The lowest BCUT2D eigenvalue weighted by molar-refractivity contribution is -0.145. The number of carbonyl (C=O) groups excluding carboxylic acids is 2. The maximum atomic E-state index is 12.5. The predicted octanol–water partition coefficient (Wildman–Crippen LogP) is -3.59. The first kappa shape index (κ1) is 41.8. The van der Waals surface area contributed by atoms with Gasteiger partial charge in [-0.1, -0.05) is 0 Å². The number of amides is 1. The van der Waals surface area contributed by atoms with Crippen LogP contribution in [0.5, 0.6) is 0 Å². The van der Waals surface area contributed by atoms with Crippen LogP contribution in [-0.2, 0) is 43.0 Å². The van der Waals surface area contributed by atoms with Gasteiger partial charge in [-0.2, -0.15) is 0 Å². The predicted molar refractivity (Wildman–Crippen MR) is 168 cm³/mol. The SMILES string of the molecule is BC(=O)CCOCCOCCOCCNC(=O)CCC(C(=O)O)N1CCN(CC(=O)O)CCN(CC(=O)O)CCN(CC(=O)O)CC1. The molecule has 1 atom stereocenters. The van der Waals surface area contributed by atoms with E-state index in [-0.39, 0.29) is 110 Å². The zero-order valence-corrected chi connectivity index (χ0v) is 27.2. The highest BCUT2D eigenvalue weighted by atomic mass is 16.5. The van der Waals surface area contributed by atoms with Gasteiger partial charge in [0, 0.05) is 71.7 Å². The van der Waals surface area contributed by atoms with E-state index in [1.807, 2.05) is 0 Å². The first-order valence-corrected chi connectivity index (χ1v) is 15.7. The molecule has 1 rings (SSSR count). The van der Waals surface area contributed by atoms with Crippen molar-refractivity contribution in [3.8, 4) is 0 Å². The van der Waals surface area contributed by atoms with E-state index in [2.05, 4.69) is 5.32 Å². The van der Waals surface area contributed by atoms with Gasteiger partial charge < -0.3 is 44.7 Å². The maximum Gasteiger partial charge on any atom is 0.320 e. The van der Waals surface area contributed by atoms with Crippen LogP contribution in [0.2, 0.25) is 0 Å². The van der Waals surface area contributed by atoms with Crippen molar-refractivity contribution in [2.24, 2.45) is 0 Å². The monoisotopic (exact) mass is 675 g/mol. The van der Waals surface area contributed by atoms with Crippen LogP contribution in [0, 0.1) is 0 Å². The van der Waals surface area contributed by atoms with Crippen molar-refractivity contribution in [1.29, 1.82) is 0 Å². The molecule has 1 fully saturated rings. The first-order chi connectivity index (χ1) is 22.4. The molecule has 0 bridgehead atoms. The van der Waals surface area contributed by atoms with Gasteiger partial charge >= 0.3 is 23.9 Å². The Morgan fingerprint density at radius 3 is 1.40 bits per heavy atom. The van der Waals surface area contributed by atoms with Crippen LogP contribution >= 0.6 is 0 Å². The second kappa shape index (κ2) is 24.9. The third-order valence-electron chi connectivity index (χ3n) is 7.23. The van der Waals surface area contributed by atoms with E-state index in [9.17, 15) is 49.2 Å². The third kappa shape index (κ3) is 22.1. The summed E-state index contributed by atoms with van der Waals surface area (Å²) < 4.78 is 16.0. The van der Waals surface area contributed by atoms with Crippen molar-refractivity contribution < 1.29 is 63.4 Å². The summed E-state index contributed by atoms with van der Waals surface area (Å²) in [5.41, 5.74) is 0.0596. The van der Waals surface area contributed by atoms with Crippen molar-refractivity contribution >= 4 is 43.3 Å². The van der Waals surface area contributed by atoms with Crippen molar-refractivity contribution in [3.05, 3.63) is 0 Å². The quantitative estimate of drug-likeness (QED) is 0.0520. The summed E-state index contributed by atoms with van der Waals surface area (Å²) in [5.74, 6) is -4.77. The van der Waals surface area contributed by atoms with Crippen LogP contribution in [0.4, 0.5) is 0 Å². The maximum absolute atomic E-state index is 12.5. The zero-order valence-electron chi connectivity index (χ0n) is 27.2. The molecule has 19 heteroatoms. The minimum atomic E-state index is -1.17. The summed E-state index contributed by atoms with van der Waals surface area (Å²) >= 11 is 0. The smallest absolute Gasteiger partial charge is 0.320 e. The molecule has 1 amide bonds. The fourth-order valence-corrected chi connectivity index (χ4v) is 4.75. The molecule has 0 aromatic rings. The van der Waals surface area contributed by atoms with Crippen LogP contribution in [0.1, 0.15) is 19.3 Å². The minimum Gasteiger partial charge on any atom is -0.480 e. The van der Waals surface area contributed by atoms with E-state index in [1.165, 1.54) is 7.85 Å². The number of carbonyl (C=O) groups is 6. The van der Waals surface area contributed by atoms with E-state index < -0.39 is 29.9 Å². The Hall–Kier alpha value is -3.20. The van der Waals surface area contributed by atoms with E-state index in [1.54, 1.807) is 19.6 Å². The fraction of sp³-hybridized carbons (Fsp3) is 0.786.